The number of amides is 1. The number of nitrogens with one attached hydrogen (secondary N) is 2. The summed E-state index contributed by atoms with van der Waals surface area (Å²) in [5.74, 6) is 0.621. The van der Waals surface area contributed by atoms with Gasteiger partial charge >= 0.3 is 0 Å². The molecule has 0 saturated heterocycles. The highest BCUT2D eigenvalue weighted by atomic mass is 16.2. The molecule has 0 saturated carbocycles. The first kappa shape index (κ1) is 15.2. The topological polar surface area (TPSA) is 76.8 Å². The fraction of sp³-hybridized carbons (Fsp3) is 0.500. The number of hydrogen-bond acceptors (Lipinski definition) is 4. The lowest BCUT2D eigenvalue weighted by atomic mass is 10.3. The Morgan fingerprint density at radius 2 is 2.19 bits per heavy atom. The SMILES string of the molecule is Cc1cnn(C[C@H](C)NCC(=O)Nc2cc(C)nn2C)c1. The van der Waals surface area contributed by atoms with E-state index in [1.165, 1.54) is 0 Å². The van der Waals surface area contributed by atoms with Gasteiger partial charge in [0.25, 0.3) is 0 Å². The summed E-state index contributed by atoms with van der Waals surface area (Å²) >= 11 is 0. The highest BCUT2D eigenvalue weighted by Gasteiger charge is 2.09. The summed E-state index contributed by atoms with van der Waals surface area (Å²) < 4.78 is 3.53. The average Bonchev–Trinajstić information content (AvgIpc) is 2.93. The molecular weight excluding hydrogens is 268 g/mol. The summed E-state index contributed by atoms with van der Waals surface area (Å²) in [7, 11) is 1.80. The van der Waals surface area contributed by atoms with Crippen LogP contribution < -0.4 is 10.6 Å². The minimum atomic E-state index is -0.0819. The second-order valence-corrected chi connectivity index (χ2v) is 5.36. The highest BCUT2D eigenvalue weighted by Crippen LogP contribution is 2.07. The standard InChI is InChI=1S/C14H22N6O/c1-10-6-16-20(8-10)9-12(3)15-7-14(21)17-13-5-11(2)18-19(13)4/h5-6,8,12,15H,7,9H2,1-4H3,(H,17,21)/t12-/m0/s1. The minimum Gasteiger partial charge on any atom is -0.310 e. The van der Waals surface area contributed by atoms with Gasteiger partial charge in [-0.15, -0.1) is 0 Å². The van der Waals surface area contributed by atoms with Gasteiger partial charge in [0, 0.05) is 25.4 Å². The summed E-state index contributed by atoms with van der Waals surface area (Å²) in [4.78, 5) is 11.9. The van der Waals surface area contributed by atoms with Crippen LogP contribution in [-0.4, -0.2) is 38.1 Å². The van der Waals surface area contributed by atoms with Crippen LogP contribution in [0.2, 0.25) is 0 Å². The molecule has 7 heteroatoms. The molecule has 114 valence electrons. The monoisotopic (exact) mass is 290 g/mol. The fourth-order valence-corrected chi connectivity index (χ4v) is 2.09. The lowest BCUT2D eigenvalue weighted by Crippen LogP contribution is -2.37. The first-order valence-corrected chi connectivity index (χ1v) is 6.97. The molecule has 1 amide bonds. The summed E-state index contributed by atoms with van der Waals surface area (Å²) in [6.07, 6.45) is 3.81. The Bertz CT molecular complexity index is 615. The molecule has 0 radical (unpaired) electrons. The van der Waals surface area contributed by atoms with E-state index in [4.69, 9.17) is 0 Å². The van der Waals surface area contributed by atoms with E-state index in [-0.39, 0.29) is 18.5 Å². The summed E-state index contributed by atoms with van der Waals surface area (Å²) in [6, 6.07) is 2.00. The first-order valence-electron chi connectivity index (χ1n) is 6.97. The molecule has 0 fully saturated rings. The van der Waals surface area contributed by atoms with Gasteiger partial charge in [-0.25, -0.2) is 0 Å². The predicted molar refractivity (Wildman–Crippen MR) is 81.0 cm³/mol. The molecule has 7 nitrogen and oxygen atoms in total. The molecular formula is C14H22N6O. The highest BCUT2D eigenvalue weighted by molar-refractivity contribution is 5.91. The van der Waals surface area contributed by atoms with Gasteiger partial charge in [0.2, 0.25) is 5.91 Å². The van der Waals surface area contributed by atoms with Crippen molar-refractivity contribution in [2.45, 2.75) is 33.4 Å². The van der Waals surface area contributed by atoms with Crippen molar-refractivity contribution in [1.82, 2.24) is 24.9 Å². The zero-order valence-electron chi connectivity index (χ0n) is 12.9. The van der Waals surface area contributed by atoms with Gasteiger partial charge in [0.1, 0.15) is 5.82 Å². The Morgan fingerprint density at radius 3 is 2.76 bits per heavy atom. The van der Waals surface area contributed by atoms with Crippen LogP contribution in [0.3, 0.4) is 0 Å². The van der Waals surface area contributed by atoms with Crippen LogP contribution in [0.1, 0.15) is 18.2 Å². The number of aromatic nitrogens is 4. The predicted octanol–water partition coefficient (Wildman–Crippen LogP) is 0.850. The van der Waals surface area contributed by atoms with E-state index in [0.717, 1.165) is 17.8 Å². The first-order chi connectivity index (χ1) is 9.94. The van der Waals surface area contributed by atoms with Gasteiger partial charge in [-0.3, -0.25) is 14.2 Å². The quantitative estimate of drug-likeness (QED) is 0.827. The molecule has 2 heterocycles. The molecule has 2 aromatic rings. The molecule has 0 unspecified atom stereocenters. The second-order valence-electron chi connectivity index (χ2n) is 5.36. The molecule has 0 aliphatic rings. The van der Waals surface area contributed by atoms with Crippen molar-refractivity contribution in [1.29, 1.82) is 0 Å². The number of carbonyl (C=O) groups excluding carboxylic acids is 1. The van der Waals surface area contributed by atoms with E-state index in [1.807, 2.05) is 43.9 Å². The number of anilines is 1. The van der Waals surface area contributed by atoms with Crippen molar-refractivity contribution < 1.29 is 4.79 Å². The van der Waals surface area contributed by atoms with Crippen LogP contribution >= 0.6 is 0 Å². The van der Waals surface area contributed by atoms with Crippen LogP contribution in [0.5, 0.6) is 0 Å². The summed E-state index contributed by atoms with van der Waals surface area (Å²) in [6.45, 7) is 6.91. The Morgan fingerprint density at radius 1 is 1.43 bits per heavy atom. The molecule has 2 aromatic heterocycles. The summed E-state index contributed by atoms with van der Waals surface area (Å²) in [5, 5.41) is 14.4. The lowest BCUT2D eigenvalue weighted by molar-refractivity contribution is -0.115. The Kier molecular flexibility index (Phi) is 4.74. The molecule has 2 rings (SSSR count). The largest absolute Gasteiger partial charge is 0.310 e. The third-order valence-corrected chi connectivity index (χ3v) is 3.10. The van der Waals surface area contributed by atoms with E-state index in [9.17, 15) is 4.79 Å². The van der Waals surface area contributed by atoms with Crippen LogP contribution in [-0.2, 0) is 18.4 Å². The number of rotatable bonds is 6. The molecule has 0 aromatic carbocycles. The lowest BCUT2D eigenvalue weighted by Gasteiger charge is -2.13. The molecule has 21 heavy (non-hydrogen) atoms. The van der Waals surface area contributed by atoms with Crippen molar-refractivity contribution >= 4 is 11.7 Å². The van der Waals surface area contributed by atoms with Gasteiger partial charge in [-0.05, 0) is 26.3 Å². The van der Waals surface area contributed by atoms with E-state index in [0.29, 0.717) is 5.82 Å². The Hall–Kier alpha value is -2.15. The third-order valence-electron chi connectivity index (χ3n) is 3.10. The van der Waals surface area contributed by atoms with Crippen molar-refractivity contribution in [3.8, 4) is 0 Å². The molecule has 0 spiro atoms. The van der Waals surface area contributed by atoms with Gasteiger partial charge in [0.15, 0.2) is 0 Å². The number of aryl methyl sites for hydroxylation is 3. The maximum Gasteiger partial charge on any atom is 0.239 e. The average molecular weight is 290 g/mol. The summed E-state index contributed by atoms with van der Waals surface area (Å²) in [5.41, 5.74) is 2.01. The van der Waals surface area contributed by atoms with E-state index in [2.05, 4.69) is 20.8 Å². The zero-order chi connectivity index (χ0) is 15.4. The smallest absolute Gasteiger partial charge is 0.239 e. The second kappa shape index (κ2) is 6.53. The maximum absolute atomic E-state index is 11.9. The van der Waals surface area contributed by atoms with E-state index in [1.54, 1.807) is 11.7 Å². The van der Waals surface area contributed by atoms with E-state index < -0.39 is 0 Å². The Labute approximate surface area is 124 Å². The van der Waals surface area contributed by atoms with Crippen LogP contribution in [0.4, 0.5) is 5.82 Å². The maximum atomic E-state index is 11.9. The number of carbonyl (C=O) groups is 1. The van der Waals surface area contributed by atoms with Crippen molar-refractivity contribution in [3.05, 3.63) is 29.7 Å². The van der Waals surface area contributed by atoms with Crippen molar-refractivity contribution in [3.63, 3.8) is 0 Å². The van der Waals surface area contributed by atoms with Gasteiger partial charge in [-0.2, -0.15) is 10.2 Å². The fourth-order valence-electron chi connectivity index (χ4n) is 2.09. The zero-order valence-corrected chi connectivity index (χ0v) is 12.9. The molecule has 0 aliphatic carbocycles. The Balaban J connectivity index is 1.77. The number of hydrogen-bond donors (Lipinski definition) is 2. The van der Waals surface area contributed by atoms with Crippen molar-refractivity contribution in [2.24, 2.45) is 7.05 Å². The number of nitrogens with zero attached hydrogens (tertiary/aromatic N) is 4. The van der Waals surface area contributed by atoms with Crippen molar-refractivity contribution in [2.75, 3.05) is 11.9 Å². The van der Waals surface area contributed by atoms with Crippen LogP contribution in [0, 0.1) is 13.8 Å². The minimum absolute atomic E-state index is 0.0819. The molecule has 0 bridgehead atoms. The molecule has 2 N–H and O–H groups in total. The molecule has 1 atom stereocenters. The van der Waals surface area contributed by atoms with Gasteiger partial charge in [-0.1, -0.05) is 0 Å². The van der Waals surface area contributed by atoms with E-state index >= 15 is 0 Å². The normalized spacial score (nSPS) is 12.4. The van der Waals surface area contributed by atoms with Gasteiger partial charge in [0.05, 0.1) is 25.0 Å². The molecule has 0 aliphatic heterocycles. The third kappa shape index (κ3) is 4.42. The van der Waals surface area contributed by atoms with Gasteiger partial charge < -0.3 is 10.6 Å². The van der Waals surface area contributed by atoms with Crippen LogP contribution in [0.25, 0.3) is 0 Å². The van der Waals surface area contributed by atoms with Crippen LogP contribution in [0.15, 0.2) is 18.5 Å².